The zero-order valence-electron chi connectivity index (χ0n) is 11.9. The lowest BCUT2D eigenvalue weighted by atomic mass is 10.3. The van der Waals surface area contributed by atoms with Crippen molar-refractivity contribution in [3.8, 4) is 0 Å². The monoisotopic (exact) mass is 283 g/mol. The first-order valence-electron chi connectivity index (χ1n) is 6.13. The van der Waals surface area contributed by atoms with Crippen LogP contribution in [0.5, 0.6) is 0 Å². The first-order chi connectivity index (χ1) is 8.98. The topological polar surface area (TPSA) is 37.5 Å². The SMILES string of the molecule is CN(C)[P+]1(N(C)C)ON2c3ccccc3NN2N1C. The fourth-order valence-corrected chi connectivity index (χ4v) is 5.40. The molecule has 1 N–H and O–H groups in total. The van der Waals surface area contributed by atoms with E-state index in [0.717, 1.165) is 11.4 Å². The van der Waals surface area contributed by atoms with Crippen molar-refractivity contribution >= 4 is 19.3 Å². The van der Waals surface area contributed by atoms with Gasteiger partial charge in [-0.2, -0.15) is 0 Å². The van der Waals surface area contributed by atoms with E-state index in [0.29, 0.717) is 0 Å². The lowest BCUT2D eigenvalue weighted by Crippen LogP contribution is -2.44. The number of nitrogens with one attached hydrogen (secondary N) is 1. The minimum atomic E-state index is -2.03. The second-order valence-corrected chi connectivity index (χ2v) is 8.34. The van der Waals surface area contributed by atoms with Gasteiger partial charge in [0, 0.05) is 40.5 Å². The number of fused-ring (bicyclic) bond motifs is 3. The summed E-state index contributed by atoms with van der Waals surface area (Å²) in [6.45, 7) is 0. The molecule has 0 bridgehead atoms. The summed E-state index contributed by atoms with van der Waals surface area (Å²) in [6.07, 6.45) is 0. The quantitative estimate of drug-likeness (QED) is 0.827. The Morgan fingerprint density at radius 1 is 1.11 bits per heavy atom. The third-order valence-corrected chi connectivity index (χ3v) is 6.76. The molecule has 0 spiro atoms. The van der Waals surface area contributed by atoms with Crippen molar-refractivity contribution in [3.05, 3.63) is 24.3 Å². The zero-order chi connectivity index (χ0) is 13.8. The second-order valence-electron chi connectivity index (χ2n) is 4.97. The molecule has 0 radical (unpaired) electrons. The van der Waals surface area contributed by atoms with Gasteiger partial charge in [0.2, 0.25) is 0 Å². The van der Waals surface area contributed by atoms with Gasteiger partial charge in [0.25, 0.3) is 0 Å². The predicted molar refractivity (Wildman–Crippen MR) is 77.5 cm³/mol. The Bertz CT molecular complexity index is 488. The Kier molecular flexibility index (Phi) is 2.94. The lowest BCUT2D eigenvalue weighted by Gasteiger charge is -2.31. The van der Waals surface area contributed by atoms with Crippen LogP contribution in [0.2, 0.25) is 0 Å². The van der Waals surface area contributed by atoms with Crippen molar-refractivity contribution < 1.29 is 4.62 Å². The normalized spacial score (nSPS) is 21.9. The molecule has 3 rings (SSSR count). The highest BCUT2D eigenvalue weighted by molar-refractivity contribution is 7.64. The summed E-state index contributed by atoms with van der Waals surface area (Å²) < 4.78 is 12.7. The Morgan fingerprint density at radius 2 is 1.74 bits per heavy atom. The van der Waals surface area contributed by atoms with E-state index in [1.54, 1.807) is 0 Å². The first kappa shape index (κ1) is 13.1. The number of hydrazine groups is 3. The van der Waals surface area contributed by atoms with Crippen LogP contribution in [-0.2, 0) is 4.62 Å². The van der Waals surface area contributed by atoms with Crippen molar-refractivity contribution in [2.24, 2.45) is 0 Å². The maximum absolute atomic E-state index is 6.32. The number of rotatable bonds is 2. The van der Waals surface area contributed by atoms with E-state index in [-0.39, 0.29) is 0 Å². The Hall–Kier alpha value is -0.950. The Labute approximate surface area is 114 Å². The van der Waals surface area contributed by atoms with E-state index in [1.165, 1.54) is 0 Å². The summed E-state index contributed by atoms with van der Waals surface area (Å²) in [5.74, 6) is 0. The van der Waals surface area contributed by atoms with Crippen LogP contribution in [0.1, 0.15) is 0 Å². The zero-order valence-corrected chi connectivity index (χ0v) is 12.8. The van der Waals surface area contributed by atoms with Gasteiger partial charge in [-0.25, -0.2) is 0 Å². The molecule has 7 nitrogen and oxygen atoms in total. The molecule has 0 amide bonds. The van der Waals surface area contributed by atoms with Crippen LogP contribution >= 0.6 is 7.94 Å². The van der Waals surface area contributed by atoms with Crippen molar-refractivity contribution in [1.82, 2.24) is 19.3 Å². The van der Waals surface area contributed by atoms with Crippen molar-refractivity contribution in [1.29, 1.82) is 0 Å². The molecule has 1 aromatic rings. The number of nitrogens with zero attached hydrogens (tertiary/aromatic N) is 5. The van der Waals surface area contributed by atoms with Gasteiger partial charge < -0.3 is 0 Å². The van der Waals surface area contributed by atoms with Gasteiger partial charge in [-0.15, -0.1) is 9.34 Å². The van der Waals surface area contributed by atoms with Crippen LogP contribution in [0.4, 0.5) is 11.4 Å². The minimum absolute atomic E-state index is 1.03. The standard InChI is InChI=1S/C11H20N6OP/c1-13(2)19(14(3)4)15(5)17-12-10-8-6-7-9-11(10)16(17)18-19/h6-9,12H,1-5H3/q+1. The predicted octanol–water partition coefficient (Wildman–Crippen LogP) is 1.64. The fourth-order valence-electron chi connectivity index (χ4n) is 2.55. The van der Waals surface area contributed by atoms with Gasteiger partial charge in [-0.1, -0.05) is 17.3 Å². The van der Waals surface area contributed by atoms with Gasteiger partial charge in [0.1, 0.15) is 5.69 Å². The molecule has 1 saturated heterocycles. The molecule has 19 heavy (non-hydrogen) atoms. The average Bonchev–Trinajstić information content (AvgIpc) is 2.85. The van der Waals surface area contributed by atoms with Gasteiger partial charge in [0.15, 0.2) is 0 Å². The van der Waals surface area contributed by atoms with E-state index >= 15 is 0 Å². The Balaban J connectivity index is 2.01. The van der Waals surface area contributed by atoms with E-state index in [4.69, 9.17) is 4.62 Å². The van der Waals surface area contributed by atoms with Crippen molar-refractivity contribution in [3.63, 3.8) is 0 Å². The van der Waals surface area contributed by atoms with E-state index in [2.05, 4.69) is 19.5 Å². The highest BCUT2D eigenvalue weighted by atomic mass is 31.2. The van der Waals surface area contributed by atoms with Crippen molar-refractivity contribution in [2.75, 3.05) is 45.8 Å². The molecule has 2 heterocycles. The van der Waals surface area contributed by atoms with Crippen LogP contribution < -0.4 is 10.6 Å². The summed E-state index contributed by atoms with van der Waals surface area (Å²) in [4.78, 5) is 0. The summed E-state index contributed by atoms with van der Waals surface area (Å²) >= 11 is 0. The lowest BCUT2D eigenvalue weighted by molar-refractivity contribution is 0.0828. The second kappa shape index (κ2) is 4.28. The van der Waals surface area contributed by atoms with Gasteiger partial charge in [-0.3, -0.25) is 5.43 Å². The highest BCUT2D eigenvalue weighted by Crippen LogP contribution is 2.71. The van der Waals surface area contributed by atoms with Crippen LogP contribution in [-0.4, -0.2) is 54.6 Å². The van der Waals surface area contributed by atoms with Crippen LogP contribution in [0, 0.1) is 0 Å². The van der Waals surface area contributed by atoms with Gasteiger partial charge >= 0.3 is 7.94 Å². The molecule has 0 atom stereocenters. The molecule has 0 aliphatic carbocycles. The summed E-state index contributed by atoms with van der Waals surface area (Å²) in [7, 11) is 8.17. The number of para-hydroxylation sites is 2. The van der Waals surface area contributed by atoms with E-state index in [9.17, 15) is 0 Å². The maximum Gasteiger partial charge on any atom is 0.421 e. The van der Waals surface area contributed by atoms with Crippen LogP contribution in [0.25, 0.3) is 0 Å². The number of hydrogen-bond donors (Lipinski definition) is 1. The third kappa shape index (κ3) is 1.61. The van der Waals surface area contributed by atoms with Crippen LogP contribution in [0.3, 0.4) is 0 Å². The molecule has 8 heteroatoms. The molecular weight excluding hydrogens is 263 g/mol. The van der Waals surface area contributed by atoms with Gasteiger partial charge in [0.05, 0.1) is 5.69 Å². The number of anilines is 2. The van der Waals surface area contributed by atoms with Crippen molar-refractivity contribution in [2.45, 2.75) is 0 Å². The molecule has 104 valence electrons. The average molecular weight is 283 g/mol. The first-order valence-corrected chi connectivity index (χ1v) is 7.69. The largest absolute Gasteiger partial charge is 0.421 e. The molecule has 0 aromatic heterocycles. The summed E-state index contributed by atoms with van der Waals surface area (Å²) in [5.41, 5.74) is 5.42. The summed E-state index contributed by atoms with van der Waals surface area (Å²) in [5, 5.41) is 3.74. The molecule has 1 aromatic carbocycles. The smallest absolute Gasteiger partial charge is 0.280 e. The molecule has 0 saturated carbocycles. The number of hydrogen-bond acceptors (Lipinski definition) is 7. The van der Waals surface area contributed by atoms with Crippen LogP contribution in [0.15, 0.2) is 24.3 Å². The highest BCUT2D eigenvalue weighted by Gasteiger charge is 2.66. The Morgan fingerprint density at radius 3 is 2.37 bits per heavy atom. The van der Waals surface area contributed by atoms with Gasteiger partial charge in [-0.05, 0) is 21.5 Å². The molecule has 1 fully saturated rings. The molecule has 2 aliphatic heterocycles. The fraction of sp³-hybridized carbons (Fsp3) is 0.455. The van der Waals surface area contributed by atoms with E-state index < -0.39 is 7.94 Å². The third-order valence-electron chi connectivity index (χ3n) is 3.38. The minimum Gasteiger partial charge on any atom is -0.280 e. The maximum atomic E-state index is 6.32. The summed E-state index contributed by atoms with van der Waals surface area (Å²) in [6, 6.07) is 8.10. The van der Waals surface area contributed by atoms with E-state index in [1.807, 2.05) is 69.9 Å². The molecule has 0 unspecified atom stereocenters. The number of benzene rings is 1. The molecular formula is C11H20N6OP+. The molecule has 2 aliphatic rings.